The third kappa shape index (κ3) is 4.95. The average Bonchev–Trinajstić information content (AvgIpc) is 2.60. The van der Waals surface area contributed by atoms with Gasteiger partial charge in [-0.05, 0) is 0 Å². The zero-order chi connectivity index (χ0) is 8.65. The van der Waals surface area contributed by atoms with Crippen LogP contribution < -0.4 is 0 Å². The second-order valence-electron chi connectivity index (χ2n) is 3.45. The van der Waals surface area contributed by atoms with Crippen LogP contribution in [0.3, 0.4) is 0 Å². The molecule has 0 aromatic rings. The summed E-state index contributed by atoms with van der Waals surface area (Å²) in [4.78, 5) is 0. The van der Waals surface area contributed by atoms with Gasteiger partial charge >= 0.3 is 49.0 Å². The van der Waals surface area contributed by atoms with Crippen LogP contribution in [0.4, 0.5) is 0 Å². The number of hydrogen-bond donors (Lipinski definition) is 0. The van der Waals surface area contributed by atoms with E-state index in [1.165, 1.54) is 48.8 Å². The molecule has 0 aliphatic heterocycles. The molecule has 2 rings (SSSR count). The molecule has 0 radical (unpaired) electrons. The van der Waals surface area contributed by atoms with E-state index in [0.717, 1.165) is 0 Å². The van der Waals surface area contributed by atoms with Crippen LogP contribution >= 0.6 is 0 Å². The van der Waals surface area contributed by atoms with Gasteiger partial charge in [0.05, 0.1) is 0 Å². The van der Waals surface area contributed by atoms with Gasteiger partial charge in [0.25, 0.3) is 0 Å². The minimum atomic E-state index is 1.17. The molecule has 0 spiro atoms. The van der Waals surface area contributed by atoms with Gasteiger partial charge in [-0.3, -0.25) is 0 Å². The van der Waals surface area contributed by atoms with E-state index >= 15 is 0 Å². The second-order valence-corrected chi connectivity index (χ2v) is 4.45. The summed E-state index contributed by atoms with van der Waals surface area (Å²) >= 11 is 2.14. The molecule has 0 bridgehead atoms. The van der Waals surface area contributed by atoms with E-state index in [1.54, 1.807) is 0 Å². The fraction of sp³-hybridized carbons (Fsp3) is 0.636. The van der Waals surface area contributed by atoms with E-state index < -0.39 is 0 Å². The fourth-order valence-corrected chi connectivity index (χ4v) is 1.84. The van der Waals surface area contributed by atoms with E-state index in [9.17, 15) is 0 Å². The molecule has 1 heteroatoms. The third-order valence-electron chi connectivity index (χ3n) is 2.27. The van der Waals surface area contributed by atoms with Crippen LogP contribution in [-0.4, -0.2) is 0 Å². The Bertz CT molecular complexity index is 152. The van der Waals surface area contributed by atoms with Crippen molar-refractivity contribution < 1.29 is 20.4 Å². The van der Waals surface area contributed by atoms with Crippen molar-refractivity contribution in [3.63, 3.8) is 0 Å². The molecule has 0 aromatic carbocycles. The van der Waals surface area contributed by atoms with Crippen molar-refractivity contribution in [2.24, 2.45) is 0 Å². The first kappa shape index (κ1) is 10.3. The summed E-state index contributed by atoms with van der Waals surface area (Å²) in [7, 11) is 0. The van der Waals surface area contributed by atoms with Crippen molar-refractivity contribution in [3.05, 3.63) is 22.1 Å². The van der Waals surface area contributed by atoms with Crippen LogP contribution in [0.1, 0.15) is 44.9 Å². The summed E-state index contributed by atoms with van der Waals surface area (Å²) in [5.74, 6) is 0. The topological polar surface area (TPSA) is 0 Å². The molecule has 2 aliphatic carbocycles. The summed E-state index contributed by atoms with van der Waals surface area (Å²) in [5.41, 5.74) is 0. The molecule has 12 heavy (non-hydrogen) atoms. The van der Waals surface area contributed by atoms with Gasteiger partial charge in [-0.25, -0.2) is 0 Å². The molecule has 1 fully saturated rings. The van der Waals surface area contributed by atoms with Gasteiger partial charge in [-0.2, -0.15) is 0 Å². The molecule has 0 aromatic heterocycles. The Balaban J connectivity index is 0.000000120. The van der Waals surface area contributed by atoms with Crippen LogP contribution in [0.15, 0.2) is 22.1 Å². The van der Waals surface area contributed by atoms with Crippen molar-refractivity contribution in [2.75, 3.05) is 0 Å². The van der Waals surface area contributed by atoms with Gasteiger partial charge in [0.2, 0.25) is 0 Å². The summed E-state index contributed by atoms with van der Waals surface area (Å²) in [6.07, 6.45) is 16.6. The van der Waals surface area contributed by atoms with Gasteiger partial charge < -0.3 is 0 Å². The molecular formula is C11H17Ti. The second kappa shape index (κ2) is 6.68. The van der Waals surface area contributed by atoms with Crippen LogP contribution in [0.5, 0.6) is 0 Å². The van der Waals surface area contributed by atoms with Crippen LogP contribution in [0.2, 0.25) is 0 Å². The maximum atomic E-state index is 2.16. The molecule has 0 N–H and O–H groups in total. The summed E-state index contributed by atoms with van der Waals surface area (Å²) < 4.78 is 1.47. The predicted molar refractivity (Wildman–Crippen MR) is 49.5 cm³/mol. The van der Waals surface area contributed by atoms with Gasteiger partial charge in [0.15, 0.2) is 0 Å². The molecule has 0 unspecified atom stereocenters. The first-order valence-electron chi connectivity index (χ1n) is 4.97. The van der Waals surface area contributed by atoms with E-state index in [0.29, 0.717) is 0 Å². The normalized spacial score (nSPS) is 21.1. The van der Waals surface area contributed by atoms with Crippen molar-refractivity contribution >= 4 is 0 Å². The van der Waals surface area contributed by atoms with Gasteiger partial charge in [0, 0.05) is 0 Å². The first-order valence-corrected chi connectivity index (χ1v) is 5.75. The zero-order valence-corrected chi connectivity index (χ0v) is 9.24. The summed E-state index contributed by atoms with van der Waals surface area (Å²) in [5, 5.41) is 0. The Morgan fingerprint density at radius 2 is 1.42 bits per heavy atom. The molecule has 0 nitrogen and oxygen atoms in total. The van der Waals surface area contributed by atoms with Crippen molar-refractivity contribution in [2.45, 2.75) is 44.9 Å². The van der Waals surface area contributed by atoms with Gasteiger partial charge in [0.1, 0.15) is 0 Å². The van der Waals surface area contributed by atoms with Crippen molar-refractivity contribution in [1.82, 2.24) is 0 Å². The quantitative estimate of drug-likeness (QED) is 0.519. The van der Waals surface area contributed by atoms with Crippen molar-refractivity contribution in [3.8, 4) is 0 Å². The minimum absolute atomic E-state index is 1.17. The molecule has 1 saturated carbocycles. The predicted octanol–water partition coefficient (Wildman–Crippen LogP) is 3.72. The Hall–Kier alpha value is 0.194. The van der Waals surface area contributed by atoms with Gasteiger partial charge in [-0.1, -0.05) is 38.5 Å². The van der Waals surface area contributed by atoms with Crippen molar-refractivity contribution in [1.29, 1.82) is 0 Å². The Labute approximate surface area is 87.5 Å². The van der Waals surface area contributed by atoms with Crippen LogP contribution in [-0.2, 0) is 20.4 Å². The Morgan fingerprint density at radius 3 is 1.58 bits per heavy atom. The molecule has 0 saturated heterocycles. The van der Waals surface area contributed by atoms with E-state index in [-0.39, 0.29) is 0 Å². The number of allylic oxidation sites excluding steroid dienone is 4. The number of rotatable bonds is 0. The summed E-state index contributed by atoms with van der Waals surface area (Å²) in [6, 6.07) is 0. The summed E-state index contributed by atoms with van der Waals surface area (Å²) in [6.45, 7) is 0. The SMILES string of the molecule is C1CCCCC1.[Ti][C]1=CC=CC1. The molecule has 0 heterocycles. The Kier molecular flexibility index (Phi) is 5.72. The zero-order valence-electron chi connectivity index (χ0n) is 7.68. The Morgan fingerprint density at radius 1 is 0.917 bits per heavy atom. The standard InChI is InChI=1S/C6H12.C5H5.Ti/c1-2-4-6-5-3-1;1-2-4-5-3-1;/h1-6H2;1-3H,4H2;. The van der Waals surface area contributed by atoms with Crippen LogP contribution in [0.25, 0.3) is 0 Å². The average molecular weight is 197 g/mol. The third-order valence-corrected chi connectivity index (χ3v) is 2.85. The van der Waals surface area contributed by atoms with E-state index in [1.807, 2.05) is 0 Å². The molecule has 0 amide bonds. The molecular weight excluding hydrogens is 180 g/mol. The van der Waals surface area contributed by atoms with E-state index in [2.05, 4.69) is 38.7 Å². The first-order chi connectivity index (χ1) is 5.89. The maximum absolute atomic E-state index is 2.16. The fourth-order valence-electron chi connectivity index (χ4n) is 1.51. The van der Waals surface area contributed by atoms with Crippen LogP contribution in [0, 0.1) is 0 Å². The number of hydrogen-bond acceptors (Lipinski definition) is 0. The van der Waals surface area contributed by atoms with Gasteiger partial charge in [-0.15, -0.1) is 0 Å². The molecule has 2 aliphatic rings. The van der Waals surface area contributed by atoms with E-state index in [4.69, 9.17) is 0 Å². The monoisotopic (exact) mass is 197 g/mol. The molecule has 65 valence electrons. The molecule has 0 atom stereocenters.